The molecule has 1 saturated carbocycles. The minimum absolute atomic E-state index is 0.0784. The smallest absolute Gasteiger partial charge is 0.273 e. The van der Waals surface area contributed by atoms with Gasteiger partial charge in [-0.3, -0.25) is 14.6 Å². The molecule has 0 amide bonds. The number of aromatic amines is 1. The minimum Gasteiger partial charge on any atom is -0.327 e. The summed E-state index contributed by atoms with van der Waals surface area (Å²) in [4.78, 5) is 33.6. The third-order valence-corrected chi connectivity index (χ3v) is 11.8. The van der Waals surface area contributed by atoms with E-state index in [1.54, 1.807) is 25.1 Å². The molecule has 9 heteroatoms. The fourth-order valence-electron chi connectivity index (χ4n) is 6.75. The lowest BCUT2D eigenvalue weighted by atomic mass is 9.75. The average Bonchev–Trinajstić information content (AvgIpc) is 3.75. The lowest BCUT2D eigenvalue weighted by Crippen LogP contribution is -2.46. The van der Waals surface area contributed by atoms with Crippen LogP contribution in [0.1, 0.15) is 61.2 Å². The first kappa shape index (κ1) is 29.0. The summed E-state index contributed by atoms with van der Waals surface area (Å²) in [6, 6.07) is 19.0. The maximum absolute atomic E-state index is 14.9. The van der Waals surface area contributed by atoms with Gasteiger partial charge < -0.3 is 9.55 Å². The van der Waals surface area contributed by atoms with Crippen molar-refractivity contribution in [3.05, 3.63) is 140 Å². The van der Waals surface area contributed by atoms with Gasteiger partial charge in [0.05, 0.1) is 0 Å². The van der Waals surface area contributed by atoms with Crippen LogP contribution in [0.2, 0.25) is 0 Å². The monoisotopic (exact) mass is 618 g/mol. The van der Waals surface area contributed by atoms with Crippen molar-refractivity contribution >= 4 is 26.5 Å². The number of aryl methyl sites for hydroxylation is 2. The molecule has 0 spiro atoms. The first-order valence-electron chi connectivity index (χ1n) is 15.1. The van der Waals surface area contributed by atoms with Gasteiger partial charge in [-0.1, -0.05) is 42.5 Å². The van der Waals surface area contributed by atoms with Crippen LogP contribution in [-0.4, -0.2) is 31.7 Å². The van der Waals surface area contributed by atoms with E-state index < -0.39 is 26.2 Å². The Morgan fingerprint density at radius 3 is 2.33 bits per heavy atom. The van der Waals surface area contributed by atoms with E-state index in [-0.39, 0.29) is 17.1 Å². The van der Waals surface area contributed by atoms with Gasteiger partial charge in [0, 0.05) is 59.0 Å². The summed E-state index contributed by atoms with van der Waals surface area (Å²) in [6.45, 7) is 7.33. The molecule has 5 aromatic rings. The van der Waals surface area contributed by atoms with Crippen molar-refractivity contribution in [3.8, 4) is 11.1 Å². The number of rotatable bonds is 6. The average molecular weight is 619 g/mol. The van der Waals surface area contributed by atoms with E-state index in [2.05, 4.69) is 9.97 Å². The number of nitrogens with zero attached hydrogens (tertiary/aromatic N) is 3. The Hall–Kier alpha value is -4.76. The fourth-order valence-corrected chi connectivity index (χ4v) is 8.80. The highest BCUT2D eigenvalue weighted by atomic mass is 32.2. The van der Waals surface area contributed by atoms with Crippen LogP contribution in [0.25, 0.3) is 27.6 Å². The molecule has 2 unspecified atom stereocenters. The van der Waals surface area contributed by atoms with E-state index in [1.165, 1.54) is 12.4 Å². The molecule has 2 aliphatic carbocycles. The number of pyridine rings is 3. The Kier molecular flexibility index (Phi) is 6.70. The molecule has 1 aromatic carbocycles. The number of allylic oxidation sites excluding steroid dienone is 3. The topological polar surface area (TPSA) is 107 Å². The number of hydrogen-bond donors (Lipinski definition) is 1. The lowest BCUT2D eigenvalue weighted by molar-refractivity contribution is 0.525. The molecule has 45 heavy (non-hydrogen) atoms. The Balaban J connectivity index is 1.49. The zero-order chi connectivity index (χ0) is 31.7. The van der Waals surface area contributed by atoms with Crippen LogP contribution < -0.4 is 11.1 Å². The van der Waals surface area contributed by atoms with Crippen molar-refractivity contribution in [2.24, 2.45) is 0 Å². The maximum atomic E-state index is 14.9. The van der Waals surface area contributed by atoms with Gasteiger partial charge in [0.1, 0.15) is 10.3 Å². The normalized spacial score (nSPS) is 20.2. The quantitative estimate of drug-likeness (QED) is 0.242. The predicted octanol–water partition coefficient (Wildman–Crippen LogP) is 6.27. The van der Waals surface area contributed by atoms with E-state index in [1.807, 2.05) is 86.2 Å². The summed E-state index contributed by atoms with van der Waals surface area (Å²) in [6.07, 6.45) is 10.7. The summed E-state index contributed by atoms with van der Waals surface area (Å²) in [5.74, 6) is -0.669. The zero-order valence-electron chi connectivity index (χ0n) is 25.6. The van der Waals surface area contributed by atoms with Gasteiger partial charge >= 0.3 is 0 Å². The van der Waals surface area contributed by atoms with E-state index in [0.29, 0.717) is 11.0 Å². The van der Waals surface area contributed by atoms with E-state index in [0.717, 1.165) is 56.0 Å². The van der Waals surface area contributed by atoms with Gasteiger partial charge in [-0.15, -0.1) is 0 Å². The number of hydrogen-bond acceptors (Lipinski definition) is 5. The molecule has 2 aliphatic rings. The highest BCUT2D eigenvalue weighted by Crippen LogP contribution is 2.49. The van der Waals surface area contributed by atoms with Crippen LogP contribution in [0.3, 0.4) is 0 Å². The van der Waals surface area contributed by atoms with Gasteiger partial charge in [-0.05, 0) is 92.6 Å². The van der Waals surface area contributed by atoms with Crippen LogP contribution in [0, 0.1) is 13.8 Å². The molecule has 4 aromatic heterocycles. The van der Waals surface area contributed by atoms with Crippen LogP contribution in [0.5, 0.6) is 0 Å². The molecule has 228 valence electrons. The molecular formula is C36H34N4O4S. The van der Waals surface area contributed by atoms with Crippen molar-refractivity contribution in [2.75, 3.05) is 0 Å². The second kappa shape index (κ2) is 10.4. The lowest BCUT2D eigenvalue weighted by Gasteiger charge is -2.40. The highest BCUT2D eigenvalue weighted by molar-refractivity contribution is 7.91. The van der Waals surface area contributed by atoms with Crippen molar-refractivity contribution < 1.29 is 8.42 Å². The van der Waals surface area contributed by atoms with Crippen molar-refractivity contribution in [2.45, 2.75) is 57.2 Å². The van der Waals surface area contributed by atoms with Crippen LogP contribution in [0.4, 0.5) is 0 Å². The molecule has 2 atom stereocenters. The molecule has 8 nitrogen and oxygen atoms in total. The Morgan fingerprint density at radius 2 is 1.64 bits per heavy atom. The molecule has 0 bridgehead atoms. The Morgan fingerprint density at radius 1 is 0.933 bits per heavy atom. The van der Waals surface area contributed by atoms with E-state index in [9.17, 15) is 18.0 Å². The molecular weight excluding hydrogens is 584 g/mol. The number of H-pyrrole nitrogens is 1. The molecule has 4 heterocycles. The van der Waals surface area contributed by atoms with Crippen molar-refractivity contribution in [3.63, 3.8) is 0 Å². The van der Waals surface area contributed by atoms with Gasteiger partial charge in [-0.25, -0.2) is 12.4 Å². The molecule has 0 aliphatic heterocycles. The number of benzene rings is 1. The van der Waals surface area contributed by atoms with Gasteiger partial charge in [0.2, 0.25) is 10.0 Å². The molecule has 7 rings (SSSR count). The summed E-state index contributed by atoms with van der Waals surface area (Å²) in [7, 11) is -4.23. The van der Waals surface area contributed by atoms with E-state index >= 15 is 0 Å². The maximum Gasteiger partial charge on any atom is 0.273 e. The van der Waals surface area contributed by atoms with Crippen LogP contribution >= 0.6 is 0 Å². The first-order chi connectivity index (χ1) is 21.5. The highest BCUT2D eigenvalue weighted by Gasteiger charge is 2.51. The van der Waals surface area contributed by atoms with Gasteiger partial charge in [-0.2, -0.15) is 0 Å². The van der Waals surface area contributed by atoms with Gasteiger partial charge in [0.25, 0.3) is 11.1 Å². The SMILES string of the molecule is CC1=CC(c2cc(=O)n(C3CC3)cc2-c2ccccc2)=CC(c2cc(C)nc(C)c2)C1(C)S(=O)(=O)n1ccc2cc[nH]c(=O)c21. The molecule has 1 fully saturated rings. The third kappa shape index (κ3) is 4.64. The van der Waals surface area contributed by atoms with Crippen LogP contribution in [0.15, 0.2) is 107 Å². The third-order valence-electron chi connectivity index (χ3n) is 9.34. The standard InChI is InChI=1S/C36H34N4O4S/c1-22-16-27(30-20-33(41)39(29-10-11-29)21-31(30)25-8-6-5-7-9-25)19-32(28-17-23(2)38-24(3)18-28)36(22,4)45(43,44)40-15-13-26-12-14-37-35(42)34(26)40/h5-9,12-21,29,32H,10-11H2,1-4H3,(H,37,42). The Bertz CT molecular complexity index is 2270. The Labute approximate surface area is 261 Å². The fraction of sp³-hybridized carbons (Fsp3) is 0.250. The van der Waals surface area contributed by atoms with Gasteiger partial charge in [0.15, 0.2) is 0 Å². The second-order valence-corrected chi connectivity index (χ2v) is 14.6. The summed E-state index contributed by atoms with van der Waals surface area (Å²) in [5, 5.41) is 0.537. The molecule has 1 N–H and O–H groups in total. The largest absolute Gasteiger partial charge is 0.327 e. The van der Waals surface area contributed by atoms with E-state index in [4.69, 9.17) is 0 Å². The number of nitrogens with one attached hydrogen (secondary N) is 1. The predicted molar refractivity (Wildman–Crippen MR) is 178 cm³/mol. The van der Waals surface area contributed by atoms with Crippen molar-refractivity contribution in [1.29, 1.82) is 0 Å². The second-order valence-electron chi connectivity index (χ2n) is 12.4. The summed E-state index contributed by atoms with van der Waals surface area (Å²) in [5.41, 5.74) is 5.84. The first-order valence-corrected chi connectivity index (χ1v) is 16.5. The zero-order valence-corrected chi connectivity index (χ0v) is 26.4. The summed E-state index contributed by atoms with van der Waals surface area (Å²) >= 11 is 0. The minimum atomic E-state index is -4.23. The molecule has 0 radical (unpaired) electrons. The number of aromatic nitrogens is 4. The number of fused-ring (bicyclic) bond motifs is 1. The molecule has 0 saturated heterocycles. The van der Waals surface area contributed by atoms with Crippen LogP contribution in [-0.2, 0) is 10.0 Å². The van der Waals surface area contributed by atoms with Crippen molar-refractivity contribution in [1.82, 2.24) is 18.5 Å². The summed E-state index contributed by atoms with van der Waals surface area (Å²) < 4.78 is 31.2.